The average Bonchev–Trinajstić information content (AvgIpc) is 2.93. The van der Waals surface area contributed by atoms with Crippen molar-refractivity contribution in [3.8, 4) is 5.75 Å². The summed E-state index contributed by atoms with van der Waals surface area (Å²) in [5, 5.41) is 10.8. The Labute approximate surface area is 162 Å². The second kappa shape index (κ2) is 6.72. The van der Waals surface area contributed by atoms with Crippen LogP contribution < -0.4 is 4.90 Å². The van der Waals surface area contributed by atoms with Crippen molar-refractivity contribution in [3.63, 3.8) is 0 Å². The van der Waals surface area contributed by atoms with Crippen molar-refractivity contribution in [2.24, 2.45) is 4.40 Å². The van der Waals surface area contributed by atoms with E-state index >= 15 is 0 Å². The molecule has 3 aromatic carbocycles. The summed E-state index contributed by atoms with van der Waals surface area (Å²) < 4.78 is 29.0. The largest absolute Gasteiger partial charge is 0.508 e. The van der Waals surface area contributed by atoms with E-state index in [2.05, 4.69) is 4.40 Å². The molecule has 0 fully saturated rings. The molecule has 0 unspecified atom stereocenters. The minimum Gasteiger partial charge on any atom is -0.508 e. The van der Waals surface area contributed by atoms with E-state index in [9.17, 15) is 13.5 Å². The number of para-hydroxylation sites is 1. The van der Waals surface area contributed by atoms with E-state index in [-0.39, 0.29) is 17.2 Å². The maximum atomic E-state index is 12.5. The standard InChI is InChI=1S/C20H15ClN2O3S/c21-15-9-11-16(12-10-15)23(13-14-5-1-3-7-18(14)24)20-17-6-2-4-8-19(17)27(25,26)22-20/h1-12,24H,13H2. The minimum atomic E-state index is -3.76. The Bertz CT molecular complexity index is 1140. The average molecular weight is 399 g/mol. The van der Waals surface area contributed by atoms with E-state index < -0.39 is 10.0 Å². The van der Waals surface area contributed by atoms with Gasteiger partial charge in [-0.1, -0.05) is 41.9 Å². The van der Waals surface area contributed by atoms with Crippen molar-refractivity contribution in [1.29, 1.82) is 0 Å². The van der Waals surface area contributed by atoms with Crippen molar-refractivity contribution in [2.75, 3.05) is 4.90 Å². The number of sulfonamides is 1. The molecular formula is C20H15ClN2O3S. The quantitative estimate of drug-likeness (QED) is 0.717. The second-order valence-corrected chi connectivity index (χ2v) is 8.09. The van der Waals surface area contributed by atoms with Gasteiger partial charge in [-0.2, -0.15) is 8.42 Å². The van der Waals surface area contributed by atoms with Crippen LogP contribution in [0.4, 0.5) is 5.69 Å². The summed E-state index contributed by atoms with van der Waals surface area (Å²) in [6.45, 7) is 0.247. The van der Waals surface area contributed by atoms with E-state index in [1.165, 1.54) is 0 Å². The topological polar surface area (TPSA) is 70.0 Å². The third-order valence-electron chi connectivity index (χ3n) is 4.33. The van der Waals surface area contributed by atoms with Crippen LogP contribution in [0.1, 0.15) is 11.1 Å². The molecule has 3 aromatic rings. The number of phenols is 1. The molecule has 0 amide bonds. The molecule has 5 nitrogen and oxygen atoms in total. The number of benzene rings is 3. The summed E-state index contributed by atoms with van der Waals surface area (Å²) >= 11 is 6.00. The van der Waals surface area contributed by atoms with Gasteiger partial charge in [-0.05, 0) is 42.5 Å². The van der Waals surface area contributed by atoms with Crippen molar-refractivity contribution in [2.45, 2.75) is 11.4 Å². The zero-order valence-corrected chi connectivity index (χ0v) is 15.7. The van der Waals surface area contributed by atoms with Crippen LogP contribution in [0, 0.1) is 0 Å². The van der Waals surface area contributed by atoms with Gasteiger partial charge in [-0.25, -0.2) is 0 Å². The lowest BCUT2D eigenvalue weighted by Gasteiger charge is -2.25. The van der Waals surface area contributed by atoms with Crippen molar-refractivity contribution < 1.29 is 13.5 Å². The van der Waals surface area contributed by atoms with Gasteiger partial charge in [-0.3, -0.25) is 0 Å². The third-order valence-corrected chi connectivity index (χ3v) is 5.90. The SMILES string of the molecule is O=S1(=O)N=C(N(Cc2ccccc2O)c2ccc(Cl)cc2)c2ccccc21. The number of nitrogens with zero attached hydrogens (tertiary/aromatic N) is 2. The molecule has 1 N–H and O–H groups in total. The molecule has 4 rings (SSSR count). The van der Waals surface area contributed by atoms with Crippen molar-refractivity contribution >= 4 is 33.1 Å². The smallest absolute Gasteiger partial charge is 0.285 e. The highest BCUT2D eigenvalue weighted by Crippen LogP contribution is 2.32. The van der Waals surface area contributed by atoms with Crippen molar-refractivity contribution in [3.05, 3.63) is 88.9 Å². The summed E-state index contributed by atoms with van der Waals surface area (Å²) in [5.74, 6) is 0.447. The van der Waals surface area contributed by atoms with E-state index in [0.29, 0.717) is 27.7 Å². The monoisotopic (exact) mass is 398 g/mol. The molecule has 1 aliphatic rings. The molecule has 7 heteroatoms. The maximum Gasteiger partial charge on any atom is 0.285 e. The number of fused-ring (bicyclic) bond motifs is 1. The first-order chi connectivity index (χ1) is 13.0. The molecule has 0 spiro atoms. The van der Waals surface area contributed by atoms with E-state index in [4.69, 9.17) is 11.6 Å². The lowest BCUT2D eigenvalue weighted by Crippen LogP contribution is -2.30. The Morgan fingerprint density at radius 3 is 2.33 bits per heavy atom. The lowest BCUT2D eigenvalue weighted by atomic mass is 10.1. The van der Waals surface area contributed by atoms with Gasteiger partial charge in [0.2, 0.25) is 0 Å². The third kappa shape index (κ3) is 3.29. The minimum absolute atomic E-state index is 0.131. The second-order valence-electron chi connectivity index (χ2n) is 6.08. The fraction of sp³-hybridized carbons (Fsp3) is 0.0500. The van der Waals surface area contributed by atoms with Gasteiger partial charge in [0, 0.05) is 21.8 Å². The van der Waals surface area contributed by atoms with Gasteiger partial charge in [0.1, 0.15) is 10.6 Å². The van der Waals surface area contributed by atoms with Crippen LogP contribution in [0.3, 0.4) is 0 Å². The maximum absolute atomic E-state index is 12.5. The van der Waals surface area contributed by atoms with Crippen molar-refractivity contribution in [1.82, 2.24) is 0 Å². The number of halogens is 1. The molecule has 0 saturated carbocycles. The molecule has 27 heavy (non-hydrogen) atoms. The van der Waals surface area contributed by atoms with Crippen LogP contribution in [0.15, 0.2) is 82.1 Å². The van der Waals surface area contributed by atoms with Crippen LogP contribution in [-0.2, 0) is 16.6 Å². The summed E-state index contributed by atoms with van der Waals surface area (Å²) in [6.07, 6.45) is 0. The van der Waals surface area contributed by atoms with Gasteiger partial charge in [-0.15, -0.1) is 4.40 Å². The van der Waals surface area contributed by atoms with Gasteiger partial charge < -0.3 is 10.0 Å². The van der Waals surface area contributed by atoms with Crippen LogP contribution >= 0.6 is 11.6 Å². The zero-order valence-electron chi connectivity index (χ0n) is 14.1. The van der Waals surface area contributed by atoms with E-state index in [1.54, 1.807) is 71.6 Å². The molecule has 1 aliphatic heterocycles. The highest BCUT2D eigenvalue weighted by Gasteiger charge is 2.32. The predicted molar refractivity (Wildman–Crippen MR) is 106 cm³/mol. The molecule has 0 aromatic heterocycles. The molecule has 0 atom stereocenters. The zero-order chi connectivity index (χ0) is 19.0. The summed E-state index contributed by atoms with van der Waals surface area (Å²) in [7, 11) is -3.76. The van der Waals surface area contributed by atoms with E-state index in [0.717, 1.165) is 0 Å². The first-order valence-corrected chi connectivity index (χ1v) is 10.0. The van der Waals surface area contributed by atoms with Crippen LogP contribution in [0.5, 0.6) is 5.75 Å². The Hall–Kier alpha value is -2.83. The van der Waals surface area contributed by atoms with Gasteiger partial charge >= 0.3 is 0 Å². The number of amidine groups is 1. The Balaban J connectivity index is 1.86. The Kier molecular flexibility index (Phi) is 4.37. The summed E-state index contributed by atoms with van der Waals surface area (Å²) in [6, 6.07) is 20.7. The highest BCUT2D eigenvalue weighted by molar-refractivity contribution is 7.90. The predicted octanol–water partition coefficient (Wildman–Crippen LogP) is 4.20. The molecule has 0 saturated heterocycles. The molecule has 0 radical (unpaired) electrons. The molecule has 0 aliphatic carbocycles. The molecule has 136 valence electrons. The van der Waals surface area contributed by atoms with Gasteiger partial charge in [0.25, 0.3) is 10.0 Å². The lowest BCUT2D eigenvalue weighted by molar-refractivity contribution is 0.468. The number of phenolic OH excluding ortho intramolecular Hbond substituents is 1. The first-order valence-electron chi connectivity index (χ1n) is 8.20. The number of hydrogen-bond donors (Lipinski definition) is 1. The van der Waals surface area contributed by atoms with Gasteiger partial charge in [0.05, 0.1) is 6.54 Å². The van der Waals surface area contributed by atoms with Crippen LogP contribution in [-0.4, -0.2) is 19.4 Å². The Morgan fingerprint density at radius 1 is 0.926 bits per heavy atom. The summed E-state index contributed by atoms with van der Waals surface area (Å²) in [5.41, 5.74) is 1.90. The number of rotatable bonds is 3. The van der Waals surface area contributed by atoms with Crippen LogP contribution in [0.2, 0.25) is 5.02 Å². The van der Waals surface area contributed by atoms with E-state index in [1.807, 2.05) is 6.07 Å². The van der Waals surface area contributed by atoms with Crippen LogP contribution in [0.25, 0.3) is 0 Å². The molecule has 0 bridgehead atoms. The first kappa shape index (κ1) is 17.6. The highest BCUT2D eigenvalue weighted by atomic mass is 35.5. The normalized spacial score (nSPS) is 14.5. The fourth-order valence-electron chi connectivity index (χ4n) is 3.01. The Morgan fingerprint density at radius 2 is 1.59 bits per heavy atom. The fourth-order valence-corrected chi connectivity index (χ4v) is 4.34. The van der Waals surface area contributed by atoms with Gasteiger partial charge in [0.15, 0.2) is 5.84 Å². The molecular weight excluding hydrogens is 384 g/mol. The summed E-state index contributed by atoms with van der Waals surface area (Å²) in [4.78, 5) is 1.94. The number of anilines is 1. The number of aromatic hydroxyl groups is 1. The number of hydrogen-bond acceptors (Lipinski definition) is 4. The molecule has 1 heterocycles.